The summed E-state index contributed by atoms with van der Waals surface area (Å²) < 4.78 is 4.87. The van der Waals surface area contributed by atoms with E-state index in [4.69, 9.17) is 4.74 Å². The third kappa shape index (κ3) is 4.15. The summed E-state index contributed by atoms with van der Waals surface area (Å²) in [5, 5.41) is 10.8. The fraction of sp³-hybridized carbons (Fsp3) is 0.429. The lowest BCUT2D eigenvalue weighted by molar-refractivity contribution is -0.484. The van der Waals surface area contributed by atoms with Crippen molar-refractivity contribution in [2.45, 2.75) is 19.8 Å². The molecule has 0 aromatic heterocycles. The van der Waals surface area contributed by atoms with Gasteiger partial charge in [0.25, 0.3) is 0 Å². The number of ether oxygens (including phenoxy) is 1. The third-order valence-corrected chi connectivity index (χ3v) is 2.95. The fourth-order valence-electron chi connectivity index (χ4n) is 2.11. The first-order valence-electron chi connectivity index (χ1n) is 6.31. The van der Waals surface area contributed by atoms with E-state index in [1.54, 1.807) is 37.3 Å². The lowest BCUT2D eigenvalue weighted by atomic mass is 9.83. The summed E-state index contributed by atoms with van der Waals surface area (Å²) in [6, 6.07) is 8.53. The molecule has 6 nitrogen and oxygen atoms in total. The number of hydrogen-bond donors (Lipinski definition) is 0. The molecule has 0 saturated carbocycles. The molecule has 0 aliphatic carbocycles. The number of ketones is 1. The third-order valence-electron chi connectivity index (χ3n) is 2.95. The van der Waals surface area contributed by atoms with Crippen LogP contribution >= 0.6 is 0 Å². The van der Waals surface area contributed by atoms with E-state index in [1.807, 2.05) is 0 Å². The minimum atomic E-state index is -1.15. The molecule has 108 valence electrons. The molecule has 1 aromatic carbocycles. The Labute approximate surface area is 116 Å². The first kappa shape index (κ1) is 15.8. The van der Waals surface area contributed by atoms with Crippen molar-refractivity contribution in [1.29, 1.82) is 0 Å². The van der Waals surface area contributed by atoms with E-state index in [-0.39, 0.29) is 6.61 Å². The first-order chi connectivity index (χ1) is 9.47. The van der Waals surface area contributed by atoms with Gasteiger partial charge in [-0.25, -0.2) is 0 Å². The number of rotatable bonds is 7. The number of esters is 1. The largest absolute Gasteiger partial charge is 0.465 e. The standard InChI is InChI=1S/C14H17NO5/c1-3-20-14(17)13(10(2)16)12(9-15(18)19)11-7-5-4-6-8-11/h4-8,12-13H,3,9H2,1-2H3/t12-,13?/m1/s1. The van der Waals surface area contributed by atoms with Crippen LogP contribution in [0.1, 0.15) is 25.3 Å². The lowest BCUT2D eigenvalue weighted by Gasteiger charge is -2.20. The molecule has 2 atom stereocenters. The number of benzene rings is 1. The summed E-state index contributed by atoms with van der Waals surface area (Å²) in [7, 11) is 0. The molecule has 0 aliphatic rings. The lowest BCUT2D eigenvalue weighted by Crippen LogP contribution is -2.34. The van der Waals surface area contributed by atoms with Gasteiger partial charge in [0.2, 0.25) is 6.54 Å². The first-order valence-corrected chi connectivity index (χ1v) is 6.31. The van der Waals surface area contributed by atoms with Crippen LogP contribution in [0.2, 0.25) is 0 Å². The highest BCUT2D eigenvalue weighted by Crippen LogP contribution is 2.27. The molecule has 0 fully saturated rings. The van der Waals surface area contributed by atoms with Gasteiger partial charge in [0.15, 0.2) is 0 Å². The number of carbonyl (C=O) groups is 2. The smallest absolute Gasteiger partial charge is 0.317 e. The van der Waals surface area contributed by atoms with E-state index in [2.05, 4.69) is 0 Å². The fourth-order valence-corrected chi connectivity index (χ4v) is 2.11. The van der Waals surface area contributed by atoms with Crippen LogP contribution in [0.25, 0.3) is 0 Å². The van der Waals surface area contributed by atoms with E-state index in [0.29, 0.717) is 5.56 Å². The molecule has 0 heterocycles. The Hall–Kier alpha value is -2.24. The summed E-state index contributed by atoms with van der Waals surface area (Å²) >= 11 is 0. The maximum Gasteiger partial charge on any atom is 0.317 e. The molecule has 6 heteroatoms. The summed E-state index contributed by atoms with van der Waals surface area (Å²) in [5.74, 6) is -3.11. The predicted molar refractivity (Wildman–Crippen MR) is 71.8 cm³/mol. The molecular weight excluding hydrogens is 262 g/mol. The molecule has 1 rings (SSSR count). The number of hydrogen-bond acceptors (Lipinski definition) is 5. The second-order valence-corrected chi connectivity index (χ2v) is 4.37. The van der Waals surface area contributed by atoms with E-state index >= 15 is 0 Å². The Balaban J connectivity index is 3.15. The molecule has 0 amide bonds. The predicted octanol–water partition coefficient (Wildman–Crippen LogP) is 1.82. The van der Waals surface area contributed by atoms with Crippen molar-refractivity contribution in [3.63, 3.8) is 0 Å². The zero-order valence-electron chi connectivity index (χ0n) is 11.4. The Morgan fingerprint density at radius 2 is 1.90 bits per heavy atom. The Morgan fingerprint density at radius 3 is 2.35 bits per heavy atom. The summed E-state index contributed by atoms with van der Waals surface area (Å²) in [5.41, 5.74) is 0.581. The molecule has 20 heavy (non-hydrogen) atoms. The van der Waals surface area contributed by atoms with Crippen LogP contribution in [0.5, 0.6) is 0 Å². The molecule has 0 aliphatic heterocycles. The van der Waals surface area contributed by atoms with Crippen molar-refractivity contribution in [2.75, 3.05) is 13.2 Å². The molecule has 0 spiro atoms. The van der Waals surface area contributed by atoms with Gasteiger partial charge in [0.1, 0.15) is 11.7 Å². The second-order valence-electron chi connectivity index (χ2n) is 4.37. The average Bonchev–Trinajstić information content (AvgIpc) is 2.38. The van der Waals surface area contributed by atoms with Crippen molar-refractivity contribution >= 4 is 11.8 Å². The van der Waals surface area contributed by atoms with Crippen LogP contribution < -0.4 is 0 Å². The summed E-state index contributed by atoms with van der Waals surface area (Å²) in [6.45, 7) is 2.51. The normalized spacial score (nSPS) is 13.3. The van der Waals surface area contributed by atoms with Crippen LogP contribution in [0, 0.1) is 16.0 Å². The van der Waals surface area contributed by atoms with Gasteiger partial charge in [-0.15, -0.1) is 0 Å². The monoisotopic (exact) mass is 279 g/mol. The van der Waals surface area contributed by atoms with Gasteiger partial charge in [0, 0.05) is 4.92 Å². The molecule has 0 saturated heterocycles. The zero-order valence-corrected chi connectivity index (χ0v) is 11.4. The van der Waals surface area contributed by atoms with E-state index in [9.17, 15) is 19.7 Å². The van der Waals surface area contributed by atoms with Gasteiger partial charge in [-0.3, -0.25) is 19.7 Å². The second kappa shape index (κ2) is 7.37. The van der Waals surface area contributed by atoms with Gasteiger partial charge in [0.05, 0.1) is 12.5 Å². The molecule has 1 unspecified atom stereocenters. The van der Waals surface area contributed by atoms with Gasteiger partial charge >= 0.3 is 5.97 Å². The summed E-state index contributed by atoms with van der Waals surface area (Å²) in [6.07, 6.45) is 0. The number of nitrogens with zero attached hydrogens (tertiary/aromatic N) is 1. The maximum atomic E-state index is 11.9. The molecule has 0 bridgehead atoms. The molecular formula is C14H17NO5. The number of nitro groups is 1. The van der Waals surface area contributed by atoms with Crippen LogP contribution in [-0.2, 0) is 14.3 Å². The highest BCUT2D eigenvalue weighted by Gasteiger charge is 2.37. The van der Waals surface area contributed by atoms with Gasteiger partial charge in [-0.05, 0) is 19.4 Å². The Bertz CT molecular complexity index is 486. The minimum Gasteiger partial charge on any atom is -0.465 e. The van der Waals surface area contributed by atoms with Crippen LogP contribution in [0.3, 0.4) is 0 Å². The highest BCUT2D eigenvalue weighted by atomic mass is 16.6. The van der Waals surface area contributed by atoms with Gasteiger partial charge in [-0.2, -0.15) is 0 Å². The van der Waals surface area contributed by atoms with Crippen molar-refractivity contribution in [1.82, 2.24) is 0 Å². The zero-order chi connectivity index (χ0) is 15.1. The van der Waals surface area contributed by atoms with Gasteiger partial charge in [-0.1, -0.05) is 30.3 Å². The Morgan fingerprint density at radius 1 is 1.30 bits per heavy atom. The SMILES string of the molecule is CCOC(=O)C(C(C)=O)[C@H](C[N+](=O)[O-])c1ccccc1. The van der Waals surface area contributed by atoms with Gasteiger partial charge < -0.3 is 4.74 Å². The molecule has 0 N–H and O–H groups in total. The van der Waals surface area contributed by atoms with Crippen LogP contribution in [0.15, 0.2) is 30.3 Å². The maximum absolute atomic E-state index is 11.9. The van der Waals surface area contributed by atoms with Crippen molar-refractivity contribution in [2.24, 2.45) is 5.92 Å². The minimum absolute atomic E-state index is 0.128. The Kier molecular flexibility index (Phi) is 5.83. The van der Waals surface area contributed by atoms with E-state index in [1.165, 1.54) is 6.92 Å². The van der Waals surface area contributed by atoms with Crippen molar-refractivity contribution in [3.05, 3.63) is 46.0 Å². The topological polar surface area (TPSA) is 86.5 Å². The average molecular weight is 279 g/mol. The summed E-state index contributed by atoms with van der Waals surface area (Å²) in [4.78, 5) is 34.0. The molecule has 1 aromatic rings. The van der Waals surface area contributed by atoms with Crippen LogP contribution in [-0.4, -0.2) is 29.8 Å². The molecule has 0 radical (unpaired) electrons. The van der Waals surface area contributed by atoms with Crippen LogP contribution in [0.4, 0.5) is 0 Å². The number of Topliss-reactive ketones (excluding diaryl/α,β-unsaturated/α-hetero) is 1. The van der Waals surface area contributed by atoms with E-state index < -0.39 is 35.1 Å². The van der Waals surface area contributed by atoms with E-state index in [0.717, 1.165) is 0 Å². The quantitative estimate of drug-likeness (QED) is 0.329. The van der Waals surface area contributed by atoms with Crippen molar-refractivity contribution < 1.29 is 19.2 Å². The highest BCUT2D eigenvalue weighted by molar-refractivity contribution is 5.98. The number of carbonyl (C=O) groups excluding carboxylic acids is 2. The van der Waals surface area contributed by atoms with Crippen molar-refractivity contribution in [3.8, 4) is 0 Å².